The molecule has 3 N–H and O–H groups in total. The molecule has 1 unspecified atom stereocenters. The minimum Gasteiger partial charge on any atom is -0.399 e. The highest BCUT2D eigenvalue weighted by molar-refractivity contribution is 6.29. The Morgan fingerprint density at radius 3 is 2.84 bits per heavy atom. The molecule has 1 aromatic heterocycles. The number of carbonyl (C=O) groups excluding carboxylic acids is 1. The molecular formula is C14H14ClN3O. The van der Waals surface area contributed by atoms with Crippen molar-refractivity contribution in [3.8, 4) is 0 Å². The van der Waals surface area contributed by atoms with Gasteiger partial charge in [-0.3, -0.25) is 4.79 Å². The summed E-state index contributed by atoms with van der Waals surface area (Å²) in [7, 11) is 0. The van der Waals surface area contributed by atoms with Gasteiger partial charge < -0.3 is 11.1 Å². The van der Waals surface area contributed by atoms with E-state index in [2.05, 4.69) is 10.3 Å². The summed E-state index contributed by atoms with van der Waals surface area (Å²) < 4.78 is 0. The fourth-order valence-electron chi connectivity index (χ4n) is 1.71. The minimum atomic E-state index is -0.296. The zero-order valence-corrected chi connectivity index (χ0v) is 11.2. The lowest BCUT2D eigenvalue weighted by Crippen LogP contribution is -2.19. The topological polar surface area (TPSA) is 68.0 Å². The Morgan fingerprint density at radius 1 is 1.37 bits per heavy atom. The van der Waals surface area contributed by atoms with Crippen LogP contribution in [0.1, 0.15) is 18.4 Å². The van der Waals surface area contributed by atoms with Gasteiger partial charge in [0, 0.05) is 17.6 Å². The summed E-state index contributed by atoms with van der Waals surface area (Å²) >= 11 is 5.77. The summed E-state index contributed by atoms with van der Waals surface area (Å²) in [5, 5.41) is 3.14. The smallest absolute Gasteiger partial charge is 0.231 e. The number of halogens is 1. The largest absolute Gasteiger partial charge is 0.399 e. The maximum Gasteiger partial charge on any atom is 0.231 e. The highest BCUT2D eigenvalue weighted by Crippen LogP contribution is 2.20. The fraction of sp³-hybridized carbons (Fsp3) is 0.143. The van der Waals surface area contributed by atoms with Crippen molar-refractivity contribution in [1.29, 1.82) is 0 Å². The van der Waals surface area contributed by atoms with Gasteiger partial charge in [-0.1, -0.05) is 23.7 Å². The molecular weight excluding hydrogens is 262 g/mol. The molecule has 0 spiro atoms. The number of aromatic nitrogens is 1. The molecule has 2 aromatic rings. The molecule has 0 radical (unpaired) electrons. The van der Waals surface area contributed by atoms with E-state index in [1.807, 2.05) is 19.1 Å². The van der Waals surface area contributed by atoms with Crippen LogP contribution in [0.15, 0.2) is 42.6 Å². The molecule has 1 heterocycles. The summed E-state index contributed by atoms with van der Waals surface area (Å²) in [5.74, 6) is -0.414. The molecule has 0 aliphatic carbocycles. The lowest BCUT2D eigenvalue weighted by molar-refractivity contribution is -0.117. The molecule has 1 atom stereocenters. The molecule has 98 valence electrons. The summed E-state index contributed by atoms with van der Waals surface area (Å²) in [6.07, 6.45) is 1.54. The number of hydrogen-bond donors (Lipinski definition) is 2. The van der Waals surface area contributed by atoms with Crippen molar-refractivity contribution in [2.75, 3.05) is 11.1 Å². The van der Waals surface area contributed by atoms with Crippen LogP contribution < -0.4 is 11.1 Å². The third-order valence-corrected chi connectivity index (χ3v) is 3.00. The predicted octanol–water partition coefficient (Wildman–Crippen LogP) is 3.06. The maximum atomic E-state index is 12.1. The van der Waals surface area contributed by atoms with Crippen LogP contribution in [-0.2, 0) is 4.79 Å². The first kappa shape index (κ1) is 13.4. The van der Waals surface area contributed by atoms with Crippen LogP contribution in [0.5, 0.6) is 0 Å². The molecule has 0 bridgehead atoms. The SMILES string of the molecule is CC(C(=O)Nc1ccnc(Cl)c1)c1cccc(N)c1. The van der Waals surface area contributed by atoms with Gasteiger partial charge in [0.05, 0.1) is 5.92 Å². The molecule has 0 saturated heterocycles. The van der Waals surface area contributed by atoms with Gasteiger partial charge in [-0.05, 0) is 36.8 Å². The third kappa shape index (κ3) is 3.45. The molecule has 1 amide bonds. The standard InChI is InChI=1S/C14H14ClN3O/c1-9(10-3-2-4-11(16)7-10)14(19)18-12-5-6-17-13(15)8-12/h2-9H,16H2,1H3,(H,17,18,19). The van der Waals surface area contributed by atoms with Crippen LogP contribution >= 0.6 is 11.6 Å². The highest BCUT2D eigenvalue weighted by Gasteiger charge is 2.15. The van der Waals surface area contributed by atoms with Gasteiger partial charge in [0.2, 0.25) is 5.91 Å². The summed E-state index contributed by atoms with van der Waals surface area (Å²) in [6, 6.07) is 10.6. The van der Waals surface area contributed by atoms with E-state index in [1.54, 1.807) is 30.5 Å². The first-order chi connectivity index (χ1) is 9.06. The molecule has 1 aromatic carbocycles. The van der Waals surface area contributed by atoms with E-state index in [9.17, 15) is 4.79 Å². The van der Waals surface area contributed by atoms with Crippen molar-refractivity contribution in [3.63, 3.8) is 0 Å². The van der Waals surface area contributed by atoms with Gasteiger partial charge in [0.1, 0.15) is 5.15 Å². The number of amides is 1. The van der Waals surface area contributed by atoms with E-state index in [4.69, 9.17) is 17.3 Å². The minimum absolute atomic E-state index is 0.118. The van der Waals surface area contributed by atoms with Gasteiger partial charge in [0.15, 0.2) is 0 Å². The van der Waals surface area contributed by atoms with Crippen LogP contribution in [0.4, 0.5) is 11.4 Å². The number of benzene rings is 1. The predicted molar refractivity (Wildman–Crippen MR) is 77.1 cm³/mol. The maximum absolute atomic E-state index is 12.1. The van der Waals surface area contributed by atoms with Gasteiger partial charge in [-0.2, -0.15) is 0 Å². The molecule has 0 aliphatic rings. The quantitative estimate of drug-likeness (QED) is 0.668. The zero-order valence-electron chi connectivity index (χ0n) is 10.4. The Morgan fingerprint density at radius 2 is 2.16 bits per heavy atom. The van der Waals surface area contributed by atoms with Crippen LogP contribution in [0.2, 0.25) is 5.15 Å². The normalized spacial score (nSPS) is 11.9. The van der Waals surface area contributed by atoms with Crippen LogP contribution in [-0.4, -0.2) is 10.9 Å². The molecule has 19 heavy (non-hydrogen) atoms. The lowest BCUT2D eigenvalue weighted by atomic mass is 10.00. The van der Waals surface area contributed by atoms with Crippen molar-refractivity contribution in [3.05, 3.63) is 53.3 Å². The van der Waals surface area contributed by atoms with Crippen molar-refractivity contribution >= 4 is 28.9 Å². The summed E-state index contributed by atoms with van der Waals surface area (Å²) in [6.45, 7) is 1.83. The van der Waals surface area contributed by atoms with E-state index in [0.29, 0.717) is 16.5 Å². The summed E-state index contributed by atoms with van der Waals surface area (Å²) in [5.41, 5.74) is 7.85. The second-order valence-corrected chi connectivity index (χ2v) is 4.64. The van der Waals surface area contributed by atoms with E-state index in [1.165, 1.54) is 0 Å². The summed E-state index contributed by atoms with van der Waals surface area (Å²) in [4.78, 5) is 16.0. The number of pyridine rings is 1. The monoisotopic (exact) mass is 275 g/mol. The Labute approximate surface area is 116 Å². The van der Waals surface area contributed by atoms with Crippen LogP contribution in [0, 0.1) is 0 Å². The van der Waals surface area contributed by atoms with E-state index >= 15 is 0 Å². The average Bonchev–Trinajstić information content (AvgIpc) is 2.38. The second kappa shape index (κ2) is 5.71. The number of nitrogens with one attached hydrogen (secondary N) is 1. The zero-order chi connectivity index (χ0) is 13.8. The third-order valence-electron chi connectivity index (χ3n) is 2.80. The number of hydrogen-bond acceptors (Lipinski definition) is 3. The van der Waals surface area contributed by atoms with Crippen molar-refractivity contribution in [2.45, 2.75) is 12.8 Å². The Balaban J connectivity index is 2.12. The number of nitrogen functional groups attached to an aromatic ring is 1. The van der Waals surface area contributed by atoms with Crippen molar-refractivity contribution < 1.29 is 4.79 Å². The van der Waals surface area contributed by atoms with Crippen LogP contribution in [0.25, 0.3) is 0 Å². The van der Waals surface area contributed by atoms with Crippen molar-refractivity contribution in [2.24, 2.45) is 0 Å². The lowest BCUT2D eigenvalue weighted by Gasteiger charge is -2.13. The van der Waals surface area contributed by atoms with Gasteiger partial charge in [-0.25, -0.2) is 4.98 Å². The molecule has 4 nitrogen and oxygen atoms in total. The van der Waals surface area contributed by atoms with Gasteiger partial charge in [-0.15, -0.1) is 0 Å². The number of nitrogens with two attached hydrogens (primary N) is 1. The highest BCUT2D eigenvalue weighted by atomic mass is 35.5. The second-order valence-electron chi connectivity index (χ2n) is 4.25. The average molecular weight is 276 g/mol. The fourth-order valence-corrected chi connectivity index (χ4v) is 1.88. The first-order valence-corrected chi connectivity index (χ1v) is 6.22. The van der Waals surface area contributed by atoms with Gasteiger partial charge in [0.25, 0.3) is 0 Å². The van der Waals surface area contributed by atoms with E-state index in [-0.39, 0.29) is 11.8 Å². The molecule has 0 fully saturated rings. The number of carbonyl (C=O) groups is 1. The Bertz CT molecular complexity index is 601. The van der Waals surface area contributed by atoms with Gasteiger partial charge >= 0.3 is 0 Å². The van der Waals surface area contributed by atoms with Crippen molar-refractivity contribution in [1.82, 2.24) is 4.98 Å². The Kier molecular flexibility index (Phi) is 4.02. The molecule has 5 heteroatoms. The number of rotatable bonds is 3. The molecule has 0 saturated carbocycles. The van der Waals surface area contributed by atoms with E-state index in [0.717, 1.165) is 5.56 Å². The van der Waals surface area contributed by atoms with E-state index < -0.39 is 0 Å². The number of anilines is 2. The molecule has 0 aliphatic heterocycles. The molecule has 2 rings (SSSR count). The van der Waals surface area contributed by atoms with Crippen LogP contribution in [0.3, 0.4) is 0 Å². The number of nitrogens with zero attached hydrogens (tertiary/aromatic N) is 1. The Hall–Kier alpha value is -2.07. The first-order valence-electron chi connectivity index (χ1n) is 5.84.